The Morgan fingerprint density at radius 3 is 2.61 bits per heavy atom. The molecule has 2 nitrogen and oxygen atoms in total. The van der Waals surface area contributed by atoms with Gasteiger partial charge in [0.25, 0.3) is 0 Å². The Morgan fingerprint density at radius 2 is 2.00 bits per heavy atom. The van der Waals surface area contributed by atoms with Gasteiger partial charge in [0.15, 0.2) is 0 Å². The number of likely N-dealkylation sites (N-methyl/N-ethyl adjacent to an activating group) is 1. The average Bonchev–Trinajstić information content (AvgIpc) is 2.35. The molecule has 1 aromatic carbocycles. The van der Waals surface area contributed by atoms with E-state index in [4.69, 9.17) is 0 Å². The van der Waals surface area contributed by atoms with Crippen LogP contribution in [0, 0.1) is 0 Å². The maximum absolute atomic E-state index is 9.68. The summed E-state index contributed by atoms with van der Waals surface area (Å²) >= 11 is 0. The van der Waals surface area contributed by atoms with Crippen LogP contribution >= 0.6 is 0 Å². The molecule has 1 aliphatic rings. The lowest BCUT2D eigenvalue weighted by Crippen LogP contribution is -2.56. The molecule has 98 valence electrons. The molecule has 2 unspecified atom stereocenters. The van der Waals surface area contributed by atoms with Gasteiger partial charge in [0.1, 0.15) is 12.6 Å². The quantitative estimate of drug-likeness (QED) is 0.642. The first-order chi connectivity index (χ1) is 8.55. The van der Waals surface area contributed by atoms with Gasteiger partial charge < -0.3 is 9.59 Å². The lowest BCUT2D eigenvalue weighted by molar-refractivity contribution is -0.943. The Hall–Kier alpha value is -1.12. The largest absolute Gasteiger partial charge is 0.390 e. The molecule has 2 rings (SSSR count). The molecule has 0 saturated heterocycles. The molecule has 0 fully saturated rings. The van der Waals surface area contributed by atoms with E-state index in [0.29, 0.717) is 6.04 Å². The number of nitrogens with zero attached hydrogens (tertiary/aromatic N) is 1. The lowest BCUT2D eigenvalue weighted by atomic mass is 9.92. The molecule has 18 heavy (non-hydrogen) atoms. The van der Waals surface area contributed by atoms with Crippen molar-refractivity contribution in [2.75, 3.05) is 20.2 Å². The van der Waals surface area contributed by atoms with Crippen molar-refractivity contribution in [2.24, 2.45) is 0 Å². The summed E-state index contributed by atoms with van der Waals surface area (Å²) in [5.41, 5.74) is 4.20. The summed E-state index contributed by atoms with van der Waals surface area (Å²) in [7, 11) is 2.26. The zero-order chi connectivity index (χ0) is 13.2. The van der Waals surface area contributed by atoms with Gasteiger partial charge in [0.2, 0.25) is 0 Å². The van der Waals surface area contributed by atoms with E-state index in [1.807, 2.05) is 0 Å². The number of fused-ring (bicyclic) bond motifs is 1. The normalized spacial score (nSPS) is 26.6. The number of hydrogen-bond donors (Lipinski definition) is 1. The van der Waals surface area contributed by atoms with E-state index in [1.54, 1.807) is 0 Å². The van der Waals surface area contributed by atoms with Crippen LogP contribution in [0.2, 0.25) is 0 Å². The molecule has 0 radical (unpaired) electrons. The first-order valence-electron chi connectivity index (χ1n) is 6.70. The summed E-state index contributed by atoms with van der Waals surface area (Å²) in [6, 6.07) is 8.95. The minimum absolute atomic E-state index is 0.265. The smallest absolute Gasteiger partial charge is 0.117 e. The molecule has 0 bridgehead atoms. The summed E-state index contributed by atoms with van der Waals surface area (Å²) in [5.74, 6) is 0. The second-order valence-corrected chi connectivity index (χ2v) is 5.91. The van der Waals surface area contributed by atoms with Crippen LogP contribution in [-0.2, 0) is 13.0 Å². The summed E-state index contributed by atoms with van der Waals surface area (Å²) in [6.07, 6.45) is 3.27. The Morgan fingerprint density at radius 1 is 1.33 bits per heavy atom. The number of quaternary nitrogens is 1. The number of aliphatic hydroxyl groups is 1. The van der Waals surface area contributed by atoms with Crippen molar-refractivity contribution in [1.29, 1.82) is 0 Å². The van der Waals surface area contributed by atoms with Crippen LogP contribution in [-0.4, -0.2) is 35.8 Å². The van der Waals surface area contributed by atoms with Gasteiger partial charge in [-0.25, -0.2) is 0 Å². The number of hydrogen-bond acceptors (Lipinski definition) is 1. The highest BCUT2D eigenvalue weighted by atomic mass is 16.3. The van der Waals surface area contributed by atoms with E-state index < -0.39 is 0 Å². The van der Waals surface area contributed by atoms with E-state index in [9.17, 15) is 5.11 Å². The van der Waals surface area contributed by atoms with Crippen LogP contribution in [0.3, 0.4) is 0 Å². The van der Waals surface area contributed by atoms with Crippen LogP contribution in [0.25, 0.3) is 0 Å². The van der Waals surface area contributed by atoms with E-state index in [2.05, 4.69) is 51.2 Å². The van der Waals surface area contributed by atoms with Gasteiger partial charge in [-0.2, -0.15) is 0 Å². The molecule has 1 aromatic rings. The van der Waals surface area contributed by atoms with Crippen molar-refractivity contribution < 1.29 is 9.59 Å². The minimum atomic E-state index is 0.265. The highest BCUT2D eigenvalue weighted by Crippen LogP contribution is 2.28. The SMILES string of the molecule is CC(C)=CC[N+]1(C)Cc2ccccc2CC1CO. The van der Waals surface area contributed by atoms with Crippen LogP contribution in [0.15, 0.2) is 35.9 Å². The topological polar surface area (TPSA) is 20.2 Å². The van der Waals surface area contributed by atoms with Crippen LogP contribution < -0.4 is 0 Å². The fraction of sp³-hybridized carbons (Fsp3) is 0.500. The Balaban J connectivity index is 2.28. The molecule has 0 aliphatic carbocycles. The number of benzene rings is 1. The van der Waals surface area contributed by atoms with Crippen LogP contribution in [0.5, 0.6) is 0 Å². The van der Waals surface area contributed by atoms with E-state index in [0.717, 1.165) is 24.0 Å². The number of allylic oxidation sites excluding steroid dienone is 1. The first-order valence-corrected chi connectivity index (χ1v) is 6.70. The predicted octanol–water partition coefficient (Wildman–Crippen LogP) is 2.52. The summed E-state index contributed by atoms with van der Waals surface area (Å²) in [4.78, 5) is 0. The first kappa shape index (κ1) is 13.3. The van der Waals surface area contributed by atoms with Gasteiger partial charge in [-0.15, -0.1) is 0 Å². The van der Waals surface area contributed by atoms with Crippen molar-refractivity contribution in [2.45, 2.75) is 32.9 Å². The summed E-state index contributed by atoms with van der Waals surface area (Å²) < 4.78 is 0.915. The van der Waals surface area contributed by atoms with Crippen LogP contribution in [0.4, 0.5) is 0 Å². The molecule has 0 spiro atoms. The standard InChI is InChI=1S/C16H24NO/c1-13(2)8-9-17(3)11-15-7-5-4-6-14(15)10-16(17)12-18/h4-8,16,18H,9-12H2,1-3H3/q+1. The third kappa shape index (κ3) is 2.65. The predicted molar refractivity (Wildman–Crippen MR) is 75.2 cm³/mol. The zero-order valence-electron chi connectivity index (χ0n) is 11.7. The number of aliphatic hydroxyl groups excluding tert-OH is 1. The maximum Gasteiger partial charge on any atom is 0.117 e. The summed E-state index contributed by atoms with van der Waals surface area (Å²) in [5, 5.41) is 9.68. The van der Waals surface area contributed by atoms with Gasteiger partial charge in [-0.05, 0) is 25.5 Å². The molecule has 0 saturated carbocycles. The molecule has 1 aliphatic heterocycles. The molecular weight excluding hydrogens is 222 g/mol. The Bertz CT molecular complexity index is 448. The van der Waals surface area contributed by atoms with E-state index >= 15 is 0 Å². The third-order valence-electron chi connectivity index (χ3n) is 4.11. The third-order valence-corrected chi connectivity index (χ3v) is 4.11. The van der Waals surface area contributed by atoms with E-state index in [-0.39, 0.29) is 6.61 Å². The highest BCUT2D eigenvalue weighted by Gasteiger charge is 2.36. The lowest BCUT2D eigenvalue weighted by Gasteiger charge is -2.44. The minimum Gasteiger partial charge on any atom is -0.390 e. The van der Waals surface area contributed by atoms with Crippen molar-refractivity contribution in [3.05, 3.63) is 47.0 Å². The Labute approximate surface area is 110 Å². The molecule has 1 heterocycles. The summed E-state index contributed by atoms with van der Waals surface area (Å²) in [6.45, 7) is 6.56. The fourth-order valence-corrected chi connectivity index (χ4v) is 2.77. The molecule has 0 amide bonds. The molecule has 2 heteroatoms. The Kier molecular flexibility index (Phi) is 3.88. The molecular formula is C16H24NO+. The second-order valence-electron chi connectivity index (χ2n) is 5.91. The number of rotatable bonds is 3. The second kappa shape index (κ2) is 5.25. The molecule has 1 N–H and O–H groups in total. The highest BCUT2D eigenvalue weighted by molar-refractivity contribution is 5.28. The molecule has 0 aromatic heterocycles. The van der Waals surface area contributed by atoms with Gasteiger partial charge in [-0.3, -0.25) is 0 Å². The van der Waals surface area contributed by atoms with E-state index in [1.165, 1.54) is 16.7 Å². The average molecular weight is 246 g/mol. The van der Waals surface area contributed by atoms with Crippen molar-refractivity contribution >= 4 is 0 Å². The zero-order valence-corrected chi connectivity index (χ0v) is 11.7. The monoisotopic (exact) mass is 246 g/mol. The van der Waals surface area contributed by atoms with Gasteiger partial charge in [0.05, 0.1) is 20.2 Å². The molecule has 2 atom stereocenters. The maximum atomic E-state index is 9.68. The fourth-order valence-electron chi connectivity index (χ4n) is 2.77. The van der Waals surface area contributed by atoms with Gasteiger partial charge in [0, 0.05) is 12.0 Å². The van der Waals surface area contributed by atoms with Crippen molar-refractivity contribution in [1.82, 2.24) is 0 Å². The van der Waals surface area contributed by atoms with Crippen molar-refractivity contribution in [3.8, 4) is 0 Å². The van der Waals surface area contributed by atoms with Crippen LogP contribution in [0.1, 0.15) is 25.0 Å². The van der Waals surface area contributed by atoms with Gasteiger partial charge in [-0.1, -0.05) is 29.8 Å². The van der Waals surface area contributed by atoms with Crippen molar-refractivity contribution in [3.63, 3.8) is 0 Å². The van der Waals surface area contributed by atoms with Gasteiger partial charge >= 0.3 is 0 Å².